The minimum atomic E-state index is -0.990. The number of ether oxygens (including phenoxy) is 2. The summed E-state index contributed by atoms with van der Waals surface area (Å²) in [5.74, 6) is -1.50. The SMILES string of the molecule is CCOC(=O)[C@@H](NCC(=O)Nc1ccccc1Br)c1ccc(OC)c(F)c1. The lowest BCUT2D eigenvalue weighted by Crippen LogP contribution is -2.36. The molecule has 0 unspecified atom stereocenters. The van der Waals surface area contributed by atoms with Crippen molar-refractivity contribution in [2.24, 2.45) is 0 Å². The van der Waals surface area contributed by atoms with Crippen LogP contribution >= 0.6 is 15.9 Å². The molecular formula is C19H20BrFN2O4. The smallest absolute Gasteiger partial charge is 0.327 e. The summed E-state index contributed by atoms with van der Waals surface area (Å²) in [6, 6.07) is 10.3. The summed E-state index contributed by atoms with van der Waals surface area (Å²) in [5, 5.41) is 5.54. The van der Waals surface area contributed by atoms with Gasteiger partial charge in [-0.2, -0.15) is 0 Å². The molecule has 0 saturated heterocycles. The molecule has 2 aromatic rings. The van der Waals surface area contributed by atoms with Gasteiger partial charge in [0.2, 0.25) is 5.91 Å². The van der Waals surface area contributed by atoms with E-state index in [-0.39, 0.29) is 24.8 Å². The maximum Gasteiger partial charge on any atom is 0.327 e. The van der Waals surface area contributed by atoms with Crippen LogP contribution in [-0.4, -0.2) is 32.1 Å². The first kappa shape index (κ1) is 20.9. The molecule has 0 fully saturated rings. The standard InChI is InChI=1S/C19H20BrFN2O4/c1-3-27-19(25)18(12-8-9-16(26-2)14(21)10-12)22-11-17(24)23-15-7-5-4-6-13(15)20/h4-10,18,22H,3,11H2,1-2H3,(H,23,24)/t18-/m0/s1. The Kier molecular flexibility index (Phi) is 7.75. The molecule has 0 heterocycles. The third kappa shape index (κ3) is 5.77. The molecule has 2 aromatic carbocycles. The summed E-state index contributed by atoms with van der Waals surface area (Å²) in [5.41, 5.74) is 0.938. The number of nitrogens with one attached hydrogen (secondary N) is 2. The van der Waals surface area contributed by atoms with Gasteiger partial charge in [-0.15, -0.1) is 0 Å². The van der Waals surface area contributed by atoms with Crippen molar-refractivity contribution in [2.45, 2.75) is 13.0 Å². The van der Waals surface area contributed by atoms with Crippen molar-refractivity contribution in [1.82, 2.24) is 5.32 Å². The Balaban J connectivity index is 2.11. The Morgan fingerprint density at radius 3 is 2.59 bits per heavy atom. The number of rotatable bonds is 8. The molecule has 144 valence electrons. The Morgan fingerprint density at radius 1 is 1.22 bits per heavy atom. The van der Waals surface area contributed by atoms with Gasteiger partial charge in [0.05, 0.1) is 25.9 Å². The molecule has 0 aromatic heterocycles. The molecule has 0 aliphatic rings. The van der Waals surface area contributed by atoms with Gasteiger partial charge in [0, 0.05) is 4.47 Å². The highest BCUT2D eigenvalue weighted by molar-refractivity contribution is 9.10. The van der Waals surface area contributed by atoms with Gasteiger partial charge < -0.3 is 14.8 Å². The number of carbonyl (C=O) groups excluding carboxylic acids is 2. The molecule has 0 bridgehead atoms. The summed E-state index contributed by atoms with van der Waals surface area (Å²) in [6.45, 7) is 1.67. The third-order valence-electron chi connectivity index (χ3n) is 3.65. The minimum Gasteiger partial charge on any atom is -0.494 e. The van der Waals surface area contributed by atoms with Crippen LogP contribution in [0.25, 0.3) is 0 Å². The lowest BCUT2D eigenvalue weighted by Gasteiger charge is -2.18. The average Bonchev–Trinajstić information content (AvgIpc) is 2.64. The van der Waals surface area contributed by atoms with Crippen LogP contribution < -0.4 is 15.4 Å². The van der Waals surface area contributed by atoms with Crippen LogP contribution in [-0.2, 0) is 14.3 Å². The summed E-state index contributed by atoms with van der Waals surface area (Å²) >= 11 is 3.34. The van der Waals surface area contributed by atoms with Gasteiger partial charge in [-0.05, 0) is 52.7 Å². The number of hydrogen-bond acceptors (Lipinski definition) is 5. The first-order valence-corrected chi connectivity index (χ1v) is 9.03. The summed E-state index contributed by atoms with van der Waals surface area (Å²) < 4.78 is 24.6. The monoisotopic (exact) mass is 438 g/mol. The van der Waals surface area contributed by atoms with Crippen molar-refractivity contribution in [3.8, 4) is 5.75 Å². The Hall–Kier alpha value is -2.45. The maximum absolute atomic E-state index is 14.0. The van der Waals surface area contributed by atoms with Crippen molar-refractivity contribution in [2.75, 3.05) is 25.6 Å². The molecule has 0 aliphatic heterocycles. The van der Waals surface area contributed by atoms with E-state index in [4.69, 9.17) is 9.47 Å². The van der Waals surface area contributed by atoms with Crippen LogP contribution in [0.2, 0.25) is 0 Å². The van der Waals surface area contributed by atoms with Gasteiger partial charge in [0.25, 0.3) is 0 Å². The highest BCUT2D eigenvalue weighted by Gasteiger charge is 2.24. The summed E-state index contributed by atoms with van der Waals surface area (Å²) in [7, 11) is 1.35. The molecule has 27 heavy (non-hydrogen) atoms. The molecule has 6 nitrogen and oxygen atoms in total. The fraction of sp³-hybridized carbons (Fsp3) is 0.263. The quantitative estimate of drug-likeness (QED) is 0.617. The van der Waals surface area contributed by atoms with Gasteiger partial charge in [-0.25, -0.2) is 9.18 Å². The maximum atomic E-state index is 14.0. The molecule has 2 N–H and O–H groups in total. The zero-order chi connectivity index (χ0) is 19.8. The van der Waals surface area contributed by atoms with Crippen LogP contribution in [0.5, 0.6) is 5.75 Å². The lowest BCUT2D eigenvalue weighted by molar-refractivity contribution is -0.145. The van der Waals surface area contributed by atoms with Gasteiger partial charge in [0.15, 0.2) is 11.6 Å². The van der Waals surface area contributed by atoms with E-state index in [1.807, 2.05) is 6.07 Å². The second kappa shape index (κ2) is 10.0. The van der Waals surface area contributed by atoms with E-state index < -0.39 is 17.8 Å². The van der Waals surface area contributed by atoms with E-state index in [9.17, 15) is 14.0 Å². The van der Waals surface area contributed by atoms with Crippen LogP contribution in [0.3, 0.4) is 0 Å². The number of methoxy groups -OCH3 is 1. The molecular weight excluding hydrogens is 419 g/mol. The van der Waals surface area contributed by atoms with Crippen molar-refractivity contribution < 1.29 is 23.5 Å². The number of para-hydroxylation sites is 1. The van der Waals surface area contributed by atoms with Crippen molar-refractivity contribution in [3.05, 3.63) is 58.3 Å². The normalized spacial score (nSPS) is 11.6. The molecule has 0 aliphatic carbocycles. The number of amides is 1. The van der Waals surface area contributed by atoms with E-state index >= 15 is 0 Å². The van der Waals surface area contributed by atoms with Crippen molar-refractivity contribution in [1.29, 1.82) is 0 Å². The first-order valence-electron chi connectivity index (χ1n) is 8.24. The number of carbonyl (C=O) groups is 2. The van der Waals surface area contributed by atoms with Gasteiger partial charge in [0.1, 0.15) is 6.04 Å². The van der Waals surface area contributed by atoms with Crippen molar-refractivity contribution >= 4 is 33.5 Å². The zero-order valence-corrected chi connectivity index (χ0v) is 16.5. The molecule has 8 heteroatoms. The molecule has 2 rings (SSSR count). The number of benzene rings is 2. The third-order valence-corrected chi connectivity index (χ3v) is 4.34. The molecule has 1 amide bonds. The summed E-state index contributed by atoms with van der Waals surface area (Å²) in [6.07, 6.45) is 0. The number of anilines is 1. The molecule has 0 spiro atoms. The first-order chi connectivity index (χ1) is 13.0. The second-order valence-electron chi connectivity index (χ2n) is 5.49. The zero-order valence-electron chi connectivity index (χ0n) is 14.9. The molecule has 0 saturated carbocycles. The second-order valence-corrected chi connectivity index (χ2v) is 6.34. The highest BCUT2D eigenvalue weighted by atomic mass is 79.9. The van der Waals surface area contributed by atoms with E-state index in [1.165, 1.54) is 19.2 Å². The van der Waals surface area contributed by atoms with Gasteiger partial charge in [-0.3, -0.25) is 10.1 Å². The van der Waals surface area contributed by atoms with Crippen LogP contribution in [0.4, 0.5) is 10.1 Å². The van der Waals surface area contributed by atoms with E-state index in [0.717, 1.165) is 4.47 Å². The predicted octanol–water partition coefficient (Wildman–Crippen LogP) is 3.43. The number of halogens is 2. The van der Waals surface area contributed by atoms with Crippen LogP contribution in [0, 0.1) is 5.82 Å². The van der Waals surface area contributed by atoms with Gasteiger partial charge in [-0.1, -0.05) is 18.2 Å². The van der Waals surface area contributed by atoms with E-state index in [2.05, 4.69) is 26.6 Å². The average molecular weight is 439 g/mol. The fourth-order valence-electron chi connectivity index (χ4n) is 2.38. The largest absolute Gasteiger partial charge is 0.494 e. The van der Waals surface area contributed by atoms with Crippen molar-refractivity contribution in [3.63, 3.8) is 0 Å². The lowest BCUT2D eigenvalue weighted by atomic mass is 10.1. The number of hydrogen-bond donors (Lipinski definition) is 2. The topological polar surface area (TPSA) is 76.7 Å². The van der Waals surface area contributed by atoms with E-state index in [1.54, 1.807) is 31.2 Å². The van der Waals surface area contributed by atoms with Crippen LogP contribution in [0.15, 0.2) is 46.9 Å². The van der Waals surface area contributed by atoms with Gasteiger partial charge >= 0.3 is 5.97 Å². The molecule has 1 atom stereocenters. The Labute approximate surface area is 165 Å². The van der Waals surface area contributed by atoms with E-state index in [0.29, 0.717) is 11.3 Å². The fourth-order valence-corrected chi connectivity index (χ4v) is 2.76. The number of esters is 1. The van der Waals surface area contributed by atoms with Crippen LogP contribution in [0.1, 0.15) is 18.5 Å². The molecule has 0 radical (unpaired) electrons. The predicted molar refractivity (Wildman–Crippen MR) is 103 cm³/mol. The minimum absolute atomic E-state index is 0.0630. The Morgan fingerprint density at radius 2 is 1.96 bits per heavy atom. The summed E-state index contributed by atoms with van der Waals surface area (Å²) in [4.78, 5) is 24.5. The highest BCUT2D eigenvalue weighted by Crippen LogP contribution is 2.23. The Bertz CT molecular complexity index is 816.